The Bertz CT molecular complexity index is 553. The van der Waals surface area contributed by atoms with Crippen LogP contribution in [-0.2, 0) is 0 Å². The van der Waals surface area contributed by atoms with Gasteiger partial charge in [0.1, 0.15) is 0 Å². The zero-order chi connectivity index (χ0) is 12.5. The smallest absolute Gasteiger partial charge is 0.195 e. The molecule has 18 heavy (non-hydrogen) atoms. The minimum atomic E-state index is 0.435. The highest BCUT2D eigenvalue weighted by Crippen LogP contribution is 2.20. The van der Waals surface area contributed by atoms with E-state index in [1.807, 2.05) is 16.9 Å². The number of likely N-dealkylation sites (N-methyl/N-ethyl adjacent to an activating group) is 1. The Morgan fingerprint density at radius 2 is 2.33 bits per heavy atom. The summed E-state index contributed by atoms with van der Waals surface area (Å²) in [5, 5.41) is 12.8. The number of imidazole rings is 1. The van der Waals surface area contributed by atoms with E-state index in [2.05, 4.69) is 32.4 Å². The minimum Gasteiger partial charge on any atom is -0.361 e. The molecule has 0 unspecified atom stereocenters. The fourth-order valence-corrected chi connectivity index (χ4v) is 2.76. The minimum absolute atomic E-state index is 0.435. The van der Waals surface area contributed by atoms with Gasteiger partial charge in [0.2, 0.25) is 0 Å². The lowest BCUT2D eigenvalue weighted by atomic mass is 10.2. The second-order valence-electron chi connectivity index (χ2n) is 4.55. The van der Waals surface area contributed by atoms with Crippen molar-refractivity contribution in [2.45, 2.75) is 17.6 Å². The van der Waals surface area contributed by atoms with Crippen molar-refractivity contribution in [1.29, 1.82) is 0 Å². The van der Waals surface area contributed by atoms with Crippen molar-refractivity contribution in [3.8, 4) is 0 Å². The Morgan fingerprint density at radius 3 is 3.06 bits per heavy atom. The zero-order valence-electron chi connectivity index (χ0n) is 10.5. The molecular weight excluding hydrogens is 248 g/mol. The van der Waals surface area contributed by atoms with E-state index in [1.165, 1.54) is 0 Å². The van der Waals surface area contributed by atoms with Gasteiger partial charge in [0.05, 0.1) is 0 Å². The molecule has 6 nitrogen and oxygen atoms in total. The molecule has 1 aliphatic heterocycles. The van der Waals surface area contributed by atoms with Crippen molar-refractivity contribution in [3.05, 3.63) is 12.4 Å². The van der Waals surface area contributed by atoms with Crippen molar-refractivity contribution >= 4 is 23.2 Å². The summed E-state index contributed by atoms with van der Waals surface area (Å²) in [6, 6.07) is 0.435. The standard InChI is InChI=1S/C11H16N6S/c1-16-5-3-8(7-16)13-9-10-12-4-6-17(10)11(18-2)15-14-9/h4,6,8H,3,5,7H2,1-2H3,(H,13,14)/t8-/m1/s1. The van der Waals surface area contributed by atoms with Crippen LogP contribution >= 0.6 is 11.8 Å². The first-order chi connectivity index (χ1) is 8.78. The maximum Gasteiger partial charge on any atom is 0.195 e. The van der Waals surface area contributed by atoms with Crippen LogP contribution in [0.5, 0.6) is 0 Å². The summed E-state index contributed by atoms with van der Waals surface area (Å²) in [7, 11) is 2.13. The predicted molar refractivity (Wildman–Crippen MR) is 72.1 cm³/mol. The average molecular weight is 264 g/mol. The van der Waals surface area contributed by atoms with Crippen LogP contribution in [0.1, 0.15) is 6.42 Å². The van der Waals surface area contributed by atoms with E-state index >= 15 is 0 Å². The summed E-state index contributed by atoms with van der Waals surface area (Å²) in [6.45, 7) is 2.16. The number of fused-ring (bicyclic) bond motifs is 1. The highest BCUT2D eigenvalue weighted by molar-refractivity contribution is 7.98. The van der Waals surface area contributed by atoms with Crippen molar-refractivity contribution in [1.82, 2.24) is 24.5 Å². The summed E-state index contributed by atoms with van der Waals surface area (Å²) in [5.41, 5.74) is 0.851. The third-order valence-corrected chi connectivity index (χ3v) is 3.85. The number of hydrogen-bond acceptors (Lipinski definition) is 6. The summed E-state index contributed by atoms with van der Waals surface area (Å²) in [5.74, 6) is 0.776. The molecule has 0 saturated carbocycles. The highest BCUT2D eigenvalue weighted by atomic mass is 32.2. The molecule has 0 bridgehead atoms. The number of nitrogens with zero attached hydrogens (tertiary/aromatic N) is 5. The predicted octanol–water partition coefficient (Wildman–Crippen LogP) is 0.962. The number of likely N-dealkylation sites (tertiary alicyclic amines) is 1. The first-order valence-electron chi connectivity index (χ1n) is 5.96. The van der Waals surface area contributed by atoms with E-state index in [0.29, 0.717) is 6.04 Å². The monoisotopic (exact) mass is 264 g/mol. The van der Waals surface area contributed by atoms with Gasteiger partial charge in [0.15, 0.2) is 16.6 Å². The molecule has 3 heterocycles. The summed E-state index contributed by atoms with van der Waals surface area (Å²) in [4.78, 5) is 6.67. The summed E-state index contributed by atoms with van der Waals surface area (Å²) < 4.78 is 1.97. The van der Waals surface area contributed by atoms with Crippen LogP contribution in [0.25, 0.3) is 5.65 Å². The average Bonchev–Trinajstić information content (AvgIpc) is 2.99. The topological polar surface area (TPSA) is 58.4 Å². The van der Waals surface area contributed by atoms with Crippen molar-refractivity contribution in [2.75, 3.05) is 31.7 Å². The van der Waals surface area contributed by atoms with Crippen LogP contribution in [0.4, 0.5) is 5.82 Å². The molecule has 0 aliphatic carbocycles. The van der Waals surface area contributed by atoms with E-state index in [0.717, 1.165) is 36.1 Å². The van der Waals surface area contributed by atoms with Gasteiger partial charge in [-0.2, -0.15) is 0 Å². The Labute approximate surface area is 110 Å². The summed E-state index contributed by atoms with van der Waals surface area (Å²) in [6.07, 6.45) is 6.82. The lowest BCUT2D eigenvalue weighted by molar-refractivity contribution is 0.414. The molecule has 3 rings (SSSR count). The van der Waals surface area contributed by atoms with Gasteiger partial charge in [-0.3, -0.25) is 4.40 Å². The number of nitrogens with one attached hydrogen (secondary N) is 1. The summed E-state index contributed by atoms with van der Waals surface area (Å²) >= 11 is 1.57. The SMILES string of the molecule is CSc1nnc(N[C@@H]2CCN(C)C2)c2nccn12. The van der Waals surface area contributed by atoms with E-state index in [1.54, 1.807) is 18.0 Å². The Kier molecular flexibility index (Phi) is 3.09. The lowest BCUT2D eigenvalue weighted by Crippen LogP contribution is -2.24. The zero-order valence-corrected chi connectivity index (χ0v) is 11.3. The largest absolute Gasteiger partial charge is 0.361 e. The molecule has 0 aromatic carbocycles. The van der Waals surface area contributed by atoms with Crippen LogP contribution in [-0.4, -0.2) is 56.9 Å². The first-order valence-corrected chi connectivity index (χ1v) is 7.19. The lowest BCUT2D eigenvalue weighted by Gasteiger charge is -2.13. The molecule has 1 atom stereocenters. The molecular formula is C11H16N6S. The van der Waals surface area contributed by atoms with Crippen LogP contribution < -0.4 is 5.32 Å². The maximum absolute atomic E-state index is 4.36. The normalized spacial score (nSPS) is 20.7. The van der Waals surface area contributed by atoms with Gasteiger partial charge in [0, 0.05) is 25.0 Å². The molecule has 2 aromatic heterocycles. The molecule has 1 fully saturated rings. The van der Waals surface area contributed by atoms with Crippen molar-refractivity contribution in [2.24, 2.45) is 0 Å². The van der Waals surface area contributed by atoms with Crippen LogP contribution in [0.15, 0.2) is 17.6 Å². The molecule has 0 radical (unpaired) electrons. The van der Waals surface area contributed by atoms with Crippen LogP contribution in [0.2, 0.25) is 0 Å². The Hall–Kier alpha value is -1.34. The molecule has 7 heteroatoms. The van der Waals surface area contributed by atoms with Gasteiger partial charge in [-0.05, 0) is 26.3 Å². The fraction of sp³-hybridized carbons (Fsp3) is 0.545. The maximum atomic E-state index is 4.36. The van der Waals surface area contributed by atoms with E-state index in [9.17, 15) is 0 Å². The van der Waals surface area contributed by atoms with Gasteiger partial charge < -0.3 is 10.2 Å². The molecule has 1 N–H and O–H groups in total. The van der Waals surface area contributed by atoms with Crippen molar-refractivity contribution < 1.29 is 0 Å². The number of aromatic nitrogens is 4. The second-order valence-corrected chi connectivity index (χ2v) is 5.32. The second kappa shape index (κ2) is 4.74. The van der Waals surface area contributed by atoms with E-state index < -0.39 is 0 Å². The van der Waals surface area contributed by atoms with Gasteiger partial charge in [0.25, 0.3) is 0 Å². The fourth-order valence-electron chi connectivity index (χ4n) is 2.30. The molecule has 96 valence electrons. The Morgan fingerprint density at radius 1 is 1.44 bits per heavy atom. The van der Waals surface area contributed by atoms with Gasteiger partial charge in [-0.15, -0.1) is 10.2 Å². The van der Waals surface area contributed by atoms with Crippen molar-refractivity contribution in [3.63, 3.8) is 0 Å². The molecule has 1 saturated heterocycles. The van der Waals surface area contributed by atoms with Gasteiger partial charge in [-0.25, -0.2) is 4.98 Å². The highest BCUT2D eigenvalue weighted by Gasteiger charge is 2.21. The quantitative estimate of drug-likeness (QED) is 0.833. The van der Waals surface area contributed by atoms with E-state index in [4.69, 9.17) is 0 Å². The van der Waals surface area contributed by atoms with Gasteiger partial charge in [-0.1, -0.05) is 11.8 Å². The Balaban J connectivity index is 1.90. The number of anilines is 1. The third-order valence-electron chi connectivity index (χ3n) is 3.21. The van der Waals surface area contributed by atoms with Gasteiger partial charge >= 0.3 is 0 Å². The molecule has 2 aromatic rings. The number of thioether (sulfide) groups is 1. The number of hydrogen-bond donors (Lipinski definition) is 1. The van der Waals surface area contributed by atoms with E-state index in [-0.39, 0.29) is 0 Å². The first kappa shape index (κ1) is 11.7. The van der Waals surface area contributed by atoms with Crippen LogP contribution in [0, 0.1) is 0 Å². The molecule has 0 amide bonds. The molecule has 0 spiro atoms. The van der Waals surface area contributed by atoms with Crippen LogP contribution in [0.3, 0.4) is 0 Å². The molecule has 1 aliphatic rings. The third kappa shape index (κ3) is 2.04. The number of rotatable bonds is 3.